The number of nitrogens with zero attached hydrogens (tertiary/aromatic N) is 1. The lowest BCUT2D eigenvalue weighted by atomic mass is 9.81. The highest BCUT2D eigenvalue weighted by Gasteiger charge is 2.38. The summed E-state index contributed by atoms with van der Waals surface area (Å²) in [6.07, 6.45) is 5.79. The number of anilines is 1. The molecule has 0 spiro atoms. The molecule has 0 aliphatic carbocycles. The van der Waals surface area contributed by atoms with Crippen molar-refractivity contribution in [3.63, 3.8) is 0 Å². The van der Waals surface area contributed by atoms with Gasteiger partial charge in [-0.25, -0.2) is 4.79 Å². The summed E-state index contributed by atoms with van der Waals surface area (Å²) < 4.78 is 0. The van der Waals surface area contributed by atoms with Gasteiger partial charge in [-0.1, -0.05) is 85.3 Å². The fraction of sp³-hybridized carbons (Fsp3) is 0.321. The van der Waals surface area contributed by atoms with Gasteiger partial charge in [-0.2, -0.15) is 0 Å². The molecule has 0 saturated carbocycles. The standard InChI is InChI=1S/C28H31N3O/c32-28(30-27-17-8-7-16-26(27)22-12-5-2-6-13-22)29-23-18-24-14-9-15-25(19-23)31(24)20-21-10-3-1-4-11-21/h1-8,10-13,16-17,23-25H,9,14-15,18-20H2,(H2,29,30,32)/t24-,25-/m1/s1. The second-order valence-electron chi connectivity index (χ2n) is 9.07. The maximum Gasteiger partial charge on any atom is 0.319 e. The Labute approximate surface area is 190 Å². The number of urea groups is 1. The van der Waals surface area contributed by atoms with E-state index >= 15 is 0 Å². The average molecular weight is 426 g/mol. The zero-order valence-corrected chi connectivity index (χ0v) is 18.4. The maximum atomic E-state index is 12.9. The highest BCUT2D eigenvalue weighted by Crippen LogP contribution is 2.35. The Balaban J connectivity index is 1.23. The van der Waals surface area contributed by atoms with E-state index in [1.807, 2.05) is 36.4 Å². The molecule has 2 saturated heterocycles. The minimum Gasteiger partial charge on any atom is -0.335 e. The van der Waals surface area contributed by atoms with Crippen LogP contribution >= 0.6 is 0 Å². The number of rotatable bonds is 5. The van der Waals surface area contributed by atoms with Crippen molar-refractivity contribution in [2.24, 2.45) is 0 Å². The van der Waals surface area contributed by atoms with Crippen LogP contribution in [-0.4, -0.2) is 29.1 Å². The predicted molar refractivity (Wildman–Crippen MR) is 130 cm³/mol. The van der Waals surface area contributed by atoms with Crippen molar-refractivity contribution in [3.05, 3.63) is 90.5 Å². The number of carbonyl (C=O) groups is 1. The SMILES string of the molecule is O=C(Nc1ccccc1-c1ccccc1)NC1C[C@H]2CCC[C@H](C1)N2Cc1ccccc1. The van der Waals surface area contributed by atoms with Crippen LogP contribution in [0.2, 0.25) is 0 Å². The molecule has 2 amide bonds. The number of benzene rings is 3. The molecule has 2 atom stereocenters. The minimum atomic E-state index is -0.104. The van der Waals surface area contributed by atoms with Crippen molar-refractivity contribution in [1.82, 2.24) is 10.2 Å². The second kappa shape index (κ2) is 9.58. The fourth-order valence-corrected chi connectivity index (χ4v) is 5.45. The first kappa shape index (κ1) is 20.8. The van der Waals surface area contributed by atoms with E-state index < -0.39 is 0 Å². The van der Waals surface area contributed by atoms with Crippen LogP contribution in [0.25, 0.3) is 11.1 Å². The molecule has 4 nitrogen and oxygen atoms in total. The van der Waals surface area contributed by atoms with Crippen molar-refractivity contribution >= 4 is 11.7 Å². The summed E-state index contributed by atoms with van der Waals surface area (Å²) in [5.74, 6) is 0. The summed E-state index contributed by atoms with van der Waals surface area (Å²) in [6, 6.07) is 30.2. The van der Waals surface area contributed by atoms with Gasteiger partial charge in [0.15, 0.2) is 0 Å². The number of para-hydroxylation sites is 1. The lowest BCUT2D eigenvalue weighted by molar-refractivity contribution is 0.0200. The Morgan fingerprint density at radius 3 is 2.16 bits per heavy atom. The van der Waals surface area contributed by atoms with E-state index in [2.05, 4.69) is 64.1 Å². The number of hydrogen-bond acceptors (Lipinski definition) is 2. The van der Waals surface area contributed by atoms with Crippen molar-refractivity contribution in [2.75, 3.05) is 5.32 Å². The first-order valence-electron chi connectivity index (χ1n) is 11.8. The summed E-state index contributed by atoms with van der Waals surface area (Å²) in [6.45, 7) is 1.01. The summed E-state index contributed by atoms with van der Waals surface area (Å²) in [5, 5.41) is 6.39. The lowest BCUT2D eigenvalue weighted by Crippen LogP contribution is -2.56. The van der Waals surface area contributed by atoms with Gasteiger partial charge in [0, 0.05) is 30.2 Å². The summed E-state index contributed by atoms with van der Waals surface area (Å²) in [5.41, 5.74) is 4.37. The average Bonchev–Trinajstić information content (AvgIpc) is 2.81. The molecule has 0 unspecified atom stereocenters. The Morgan fingerprint density at radius 1 is 0.812 bits per heavy atom. The largest absolute Gasteiger partial charge is 0.335 e. The van der Waals surface area contributed by atoms with Gasteiger partial charge in [-0.05, 0) is 42.9 Å². The van der Waals surface area contributed by atoms with Crippen molar-refractivity contribution < 1.29 is 4.79 Å². The molecule has 0 radical (unpaired) electrons. The van der Waals surface area contributed by atoms with Crippen LogP contribution in [0.1, 0.15) is 37.7 Å². The van der Waals surface area contributed by atoms with Crippen LogP contribution in [0, 0.1) is 0 Å². The molecule has 2 N–H and O–H groups in total. The summed E-state index contributed by atoms with van der Waals surface area (Å²) in [4.78, 5) is 15.6. The molecule has 5 rings (SSSR count). The molecule has 2 heterocycles. The monoisotopic (exact) mass is 425 g/mol. The van der Waals surface area contributed by atoms with E-state index in [0.717, 1.165) is 36.2 Å². The van der Waals surface area contributed by atoms with Crippen molar-refractivity contribution in [3.8, 4) is 11.1 Å². The van der Waals surface area contributed by atoms with Gasteiger partial charge < -0.3 is 10.6 Å². The topological polar surface area (TPSA) is 44.4 Å². The molecular weight excluding hydrogens is 394 g/mol. The van der Waals surface area contributed by atoms with Crippen LogP contribution in [-0.2, 0) is 6.54 Å². The Kier molecular flexibility index (Phi) is 6.22. The van der Waals surface area contributed by atoms with Crippen LogP contribution in [0.3, 0.4) is 0 Å². The molecule has 164 valence electrons. The molecule has 2 aliphatic rings. The Hall–Kier alpha value is -3.11. The van der Waals surface area contributed by atoms with E-state index in [4.69, 9.17) is 0 Å². The van der Waals surface area contributed by atoms with Gasteiger partial charge in [0.2, 0.25) is 0 Å². The fourth-order valence-electron chi connectivity index (χ4n) is 5.45. The van der Waals surface area contributed by atoms with Gasteiger partial charge in [0.05, 0.1) is 5.69 Å². The lowest BCUT2D eigenvalue weighted by Gasteiger charge is -2.49. The molecule has 4 heteroatoms. The van der Waals surface area contributed by atoms with Gasteiger partial charge in [-0.15, -0.1) is 0 Å². The van der Waals surface area contributed by atoms with Crippen LogP contribution in [0.5, 0.6) is 0 Å². The molecule has 2 fully saturated rings. The number of carbonyl (C=O) groups excluding carboxylic acids is 1. The van der Waals surface area contributed by atoms with Gasteiger partial charge >= 0.3 is 6.03 Å². The minimum absolute atomic E-state index is 0.104. The van der Waals surface area contributed by atoms with Crippen LogP contribution in [0.4, 0.5) is 10.5 Å². The third-order valence-electron chi connectivity index (χ3n) is 6.93. The van der Waals surface area contributed by atoms with E-state index in [1.165, 1.54) is 24.8 Å². The quantitative estimate of drug-likeness (QED) is 0.522. The molecule has 0 aromatic heterocycles. The molecule has 2 bridgehead atoms. The third-order valence-corrected chi connectivity index (χ3v) is 6.93. The van der Waals surface area contributed by atoms with Crippen molar-refractivity contribution in [2.45, 2.75) is 56.8 Å². The maximum absolute atomic E-state index is 12.9. The smallest absolute Gasteiger partial charge is 0.319 e. The van der Waals surface area contributed by atoms with E-state index in [1.54, 1.807) is 0 Å². The highest BCUT2D eigenvalue weighted by molar-refractivity contribution is 5.94. The number of amides is 2. The first-order chi connectivity index (χ1) is 15.8. The molecule has 2 aliphatic heterocycles. The Morgan fingerprint density at radius 2 is 1.44 bits per heavy atom. The first-order valence-corrected chi connectivity index (χ1v) is 11.8. The van der Waals surface area contributed by atoms with Gasteiger partial charge in [-0.3, -0.25) is 4.90 Å². The molecule has 3 aromatic carbocycles. The van der Waals surface area contributed by atoms with Crippen molar-refractivity contribution in [1.29, 1.82) is 0 Å². The number of piperidine rings is 2. The van der Waals surface area contributed by atoms with E-state index in [0.29, 0.717) is 12.1 Å². The predicted octanol–water partition coefficient (Wildman–Crippen LogP) is 6.06. The molecular formula is C28H31N3O. The molecule has 3 aromatic rings. The van der Waals surface area contributed by atoms with Gasteiger partial charge in [0.25, 0.3) is 0 Å². The third kappa shape index (κ3) is 4.71. The summed E-state index contributed by atoms with van der Waals surface area (Å²) in [7, 11) is 0. The second-order valence-corrected chi connectivity index (χ2v) is 9.07. The highest BCUT2D eigenvalue weighted by atomic mass is 16.2. The number of hydrogen-bond donors (Lipinski definition) is 2. The van der Waals surface area contributed by atoms with E-state index in [9.17, 15) is 4.79 Å². The van der Waals surface area contributed by atoms with E-state index in [-0.39, 0.29) is 12.1 Å². The van der Waals surface area contributed by atoms with Crippen LogP contribution in [0.15, 0.2) is 84.9 Å². The normalized spacial score (nSPS) is 22.8. The van der Waals surface area contributed by atoms with Gasteiger partial charge in [0.1, 0.15) is 0 Å². The summed E-state index contributed by atoms with van der Waals surface area (Å²) >= 11 is 0. The zero-order chi connectivity index (χ0) is 21.8. The van der Waals surface area contributed by atoms with Crippen LogP contribution < -0.4 is 10.6 Å². The zero-order valence-electron chi connectivity index (χ0n) is 18.4. The molecule has 32 heavy (non-hydrogen) atoms. The number of fused-ring (bicyclic) bond motifs is 2. The number of nitrogens with one attached hydrogen (secondary N) is 2. The Bertz CT molecular complexity index is 1020.